The molecule has 0 radical (unpaired) electrons. The number of aryl methyl sites for hydroxylation is 1. The second-order valence-corrected chi connectivity index (χ2v) is 8.17. The molecule has 1 atom stereocenters. The van der Waals surface area contributed by atoms with Gasteiger partial charge in [0.05, 0.1) is 12.3 Å². The van der Waals surface area contributed by atoms with Gasteiger partial charge in [0.15, 0.2) is 5.96 Å². The fourth-order valence-corrected chi connectivity index (χ4v) is 3.84. The van der Waals surface area contributed by atoms with E-state index in [-0.39, 0.29) is 24.0 Å². The van der Waals surface area contributed by atoms with E-state index in [4.69, 9.17) is 20.9 Å². The second kappa shape index (κ2) is 9.04. The molecule has 30 heavy (non-hydrogen) atoms. The molecule has 7 heteroatoms. The first-order valence-electron chi connectivity index (χ1n) is 9.95. The molecule has 2 aromatic rings. The third-order valence-corrected chi connectivity index (χ3v) is 5.91. The SMILES string of the molecule is Cc1cc(OCCC2(C)CCc3c(C)c(O)c(C)c(C)c3O2)ccc1N=C(N)N.Cl. The lowest BCUT2D eigenvalue weighted by Gasteiger charge is -2.38. The Hall–Kier alpha value is -2.60. The van der Waals surface area contributed by atoms with Crippen LogP contribution in [0.1, 0.15) is 47.6 Å². The number of fused-ring (bicyclic) bond motifs is 1. The minimum Gasteiger partial charge on any atom is -0.507 e. The highest BCUT2D eigenvalue weighted by Gasteiger charge is 2.34. The predicted molar refractivity (Wildman–Crippen MR) is 124 cm³/mol. The molecule has 0 bridgehead atoms. The van der Waals surface area contributed by atoms with E-state index in [1.807, 2.05) is 45.9 Å². The largest absolute Gasteiger partial charge is 0.507 e. The summed E-state index contributed by atoms with van der Waals surface area (Å²) in [5.74, 6) is 2.13. The van der Waals surface area contributed by atoms with E-state index in [2.05, 4.69) is 11.9 Å². The van der Waals surface area contributed by atoms with Crippen LogP contribution in [0.5, 0.6) is 17.2 Å². The zero-order chi connectivity index (χ0) is 21.3. The first-order valence-corrected chi connectivity index (χ1v) is 9.95. The van der Waals surface area contributed by atoms with Crippen molar-refractivity contribution < 1.29 is 14.6 Å². The normalized spacial score (nSPS) is 17.4. The van der Waals surface area contributed by atoms with E-state index in [0.29, 0.717) is 12.4 Å². The van der Waals surface area contributed by atoms with Crippen LogP contribution in [-0.4, -0.2) is 23.3 Å². The molecule has 3 rings (SSSR count). The van der Waals surface area contributed by atoms with Gasteiger partial charge in [-0.05, 0) is 87.9 Å². The van der Waals surface area contributed by atoms with E-state index in [1.54, 1.807) is 0 Å². The van der Waals surface area contributed by atoms with Gasteiger partial charge in [0.25, 0.3) is 0 Å². The molecule has 0 aliphatic carbocycles. The summed E-state index contributed by atoms with van der Waals surface area (Å²) >= 11 is 0. The number of hydrogen-bond acceptors (Lipinski definition) is 4. The maximum absolute atomic E-state index is 10.3. The van der Waals surface area contributed by atoms with Crippen molar-refractivity contribution in [3.05, 3.63) is 46.0 Å². The lowest BCUT2D eigenvalue weighted by molar-refractivity contribution is 0.0411. The number of benzene rings is 2. The van der Waals surface area contributed by atoms with Gasteiger partial charge in [-0.3, -0.25) is 0 Å². The van der Waals surface area contributed by atoms with Crippen molar-refractivity contribution in [3.63, 3.8) is 0 Å². The maximum atomic E-state index is 10.3. The Morgan fingerprint density at radius 3 is 2.50 bits per heavy atom. The third kappa shape index (κ3) is 4.75. The number of halogens is 1. The summed E-state index contributed by atoms with van der Waals surface area (Å²) < 4.78 is 12.4. The van der Waals surface area contributed by atoms with Crippen LogP contribution in [0.25, 0.3) is 0 Å². The number of nitrogens with two attached hydrogens (primary N) is 2. The molecule has 0 aromatic heterocycles. The molecule has 164 valence electrons. The molecule has 6 nitrogen and oxygen atoms in total. The molecule has 0 amide bonds. The van der Waals surface area contributed by atoms with Crippen LogP contribution in [0.4, 0.5) is 5.69 Å². The van der Waals surface area contributed by atoms with Crippen molar-refractivity contribution in [2.75, 3.05) is 6.61 Å². The number of guanidine groups is 1. The van der Waals surface area contributed by atoms with Crippen LogP contribution < -0.4 is 20.9 Å². The lowest BCUT2D eigenvalue weighted by Crippen LogP contribution is -2.38. The van der Waals surface area contributed by atoms with Gasteiger partial charge in [-0.25, -0.2) is 4.99 Å². The molecule has 1 heterocycles. The van der Waals surface area contributed by atoms with Gasteiger partial charge < -0.3 is 26.0 Å². The summed E-state index contributed by atoms with van der Waals surface area (Å²) in [5, 5.41) is 10.3. The van der Waals surface area contributed by atoms with E-state index in [9.17, 15) is 5.11 Å². The zero-order valence-corrected chi connectivity index (χ0v) is 19.2. The maximum Gasteiger partial charge on any atom is 0.191 e. The molecular weight excluding hydrogens is 402 g/mol. The van der Waals surface area contributed by atoms with E-state index < -0.39 is 0 Å². The molecule has 0 spiro atoms. The van der Waals surface area contributed by atoms with Gasteiger partial charge in [-0.1, -0.05) is 0 Å². The lowest BCUT2D eigenvalue weighted by atomic mass is 9.86. The fourth-order valence-electron chi connectivity index (χ4n) is 3.84. The zero-order valence-electron chi connectivity index (χ0n) is 18.3. The van der Waals surface area contributed by atoms with Crippen molar-refractivity contribution in [3.8, 4) is 17.2 Å². The fraction of sp³-hybridized carbons (Fsp3) is 0.435. The average molecular weight is 434 g/mol. The Balaban J connectivity index is 0.00000320. The number of hydrogen-bond donors (Lipinski definition) is 3. The standard InChI is InChI=1S/C23H31N3O3.ClH/c1-13-12-17(6-7-19(13)26-22(24)25)28-11-10-23(5)9-8-18-16(4)20(27)14(2)15(3)21(18)29-23;/h6-7,12,27H,8-11H2,1-5H3,(H4,24,25,26);1H. The van der Waals surface area contributed by atoms with Crippen LogP contribution in [-0.2, 0) is 6.42 Å². The minimum absolute atomic E-state index is 0. The molecule has 0 fully saturated rings. The minimum atomic E-state index is -0.305. The molecule has 1 aliphatic rings. The van der Waals surface area contributed by atoms with Crippen LogP contribution in [0.15, 0.2) is 23.2 Å². The Morgan fingerprint density at radius 1 is 1.17 bits per heavy atom. The molecule has 2 aromatic carbocycles. The van der Waals surface area contributed by atoms with Crippen molar-refractivity contribution in [2.24, 2.45) is 16.5 Å². The molecule has 1 unspecified atom stereocenters. The highest BCUT2D eigenvalue weighted by molar-refractivity contribution is 5.85. The van der Waals surface area contributed by atoms with Crippen LogP contribution in [0.3, 0.4) is 0 Å². The number of aromatic hydroxyl groups is 1. The smallest absolute Gasteiger partial charge is 0.191 e. The van der Waals surface area contributed by atoms with Gasteiger partial charge in [0, 0.05) is 12.0 Å². The Bertz CT molecular complexity index is 971. The Labute approximate surface area is 184 Å². The summed E-state index contributed by atoms with van der Waals surface area (Å²) in [5.41, 5.74) is 16.2. The van der Waals surface area contributed by atoms with E-state index >= 15 is 0 Å². The van der Waals surface area contributed by atoms with Crippen molar-refractivity contribution >= 4 is 24.1 Å². The number of ether oxygens (including phenoxy) is 2. The topological polar surface area (TPSA) is 103 Å². The first kappa shape index (κ1) is 23.7. The monoisotopic (exact) mass is 433 g/mol. The number of phenols is 1. The quantitative estimate of drug-likeness (QED) is 0.475. The summed E-state index contributed by atoms with van der Waals surface area (Å²) in [6, 6.07) is 5.65. The number of aliphatic imine (C=N–C) groups is 1. The van der Waals surface area contributed by atoms with Crippen LogP contribution >= 0.6 is 12.4 Å². The van der Waals surface area contributed by atoms with Gasteiger partial charge in [-0.15, -0.1) is 12.4 Å². The molecule has 5 N–H and O–H groups in total. The van der Waals surface area contributed by atoms with Crippen molar-refractivity contribution in [2.45, 2.75) is 59.5 Å². The van der Waals surface area contributed by atoms with Gasteiger partial charge in [0.2, 0.25) is 0 Å². The summed E-state index contributed by atoms with van der Waals surface area (Å²) in [4.78, 5) is 4.09. The second-order valence-electron chi connectivity index (χ2n) is 8.17. The highest BCUT2D eigenvalue weighted by atomic mass is 35.5. The van der Waals surface area contributed by atoms with Crippen LogP contribution in [0, 0.1) is 27.7 Å². The van der Waals surface area contributed by atoms with E-state index in [0.717, 1.165) is 64.3 Å². The highest BCUT2D eigenvalue weighted by Crippen LogP contribution is 2.44. The van der Waals surface area contributed by atoms with Crippen LogP contribution in [0.2, 0.25) is 0 Å². The number of rotatable bonds is 5. The summed E-state index contributed by atoms with van der Waals surface area (Å²) in [6.45, 7) is 10.5. The molecular formula is C23H32ClN3O3. The predicted octanol–water partition coefficient (Wildman–Crippen LogP) is 4.51. The molecule has 0 saturated carbocycles. The van der Waals surface area contributed by atoms with Gasteiger partial charge >= 0.3 is 0 Å². The average Bonchev–Trinajstić information content (AvgIpc) is 2.66. The third-order valence-electron chi connectivity index (χ3n) is 5.91. The van der Waals surface area contributed by atoms with Crippen molar-refractivity contribution in [1.82, 2.24) is 0 Å². The Morgan fingerprint density at radius 2 is 1.87 bits per heavy atom. The molecule has 0 saturated heterocycles. The van der Waals surface area contributed by atoms with Crippen molar-refractivity contribution in [1.29, 1.82) is 0 Å². The summed E-state index contributed by atoms with van der Waals surface area (Å²) in [7, 11) is 0. The van der Waals surface area contributed by atoms with E-state index in [1.165, 1.54) is 0 Å². The first-order chi connectivity index (χ1) is 13.6. The van der Waals surface area contributed by atoms with Gasteiger partial charge in [-0.2, -0.15) is 0 Å². The van der Waals surface area contributed by atoms with Gasteiger partial charge in [0.1, 0.15) is 22.8 Å². The number of nitrogens with zero attached hydrogens (tertiary/aromatic N) is 1. The molecule has 1 aliphatic heterocycles. The Kier molecular flexibility index (Phi) is 7.14. The summed E-state index contributed by atoms with van der Waals surface area (Å²) in [6.07, 6.45) is 2.53. The number of phenolic OH excluding ortho intramolecular Hbond substituents is 1.